The van der Waals surface area contributed by atoms with Crippen molar-refractivity contribution in [3.63, 3.8) is 0 Å². The van der Waals surface area contributed by atoms with Gasteiger partial charge in [0, 0.05) is 11.4 Å². The first-order chi connectivity index (χ1) is 13.6. The van der Waals surface area contributed by atoms with E-state index in [1.807, 2.05) is 38.1 Å². The van der Waals surface area contributed by atoms with Gasteiger partial charge in [0.05, 0.1) is 11.5 Å². The van der Waals surface area contributed by atoms with Crippen LogP contribution in [0, 0.1) is 10.1 Å². The molecule has 8 nitrogen and oxygen atoms in total. The van der Waals surface area contributed by atoms with Crippen LogP contribution in [0.15, 0.2) is 54.9 Å². The fraction of sp³-hybridized carbons (Fsp3) is 0.200. The maximum atomic E-state index is 11.7. The van der Waals surface area contributed by atoms with E-state index in [2.05, 4.69) is 20.6 Å². The van der Waals surface area contributed by atoms with Crippen molar-refractivity contribution in [2.75, 3.05) is 17.2 Å². The van der Waals surface area contributed by atoms with E-state index in [-0.39, 0.29) is 17.3 Å². The number of hydrogen-bond acceptors (Lipinski definition) is 7. The van der Waals surface area contributed by atoms with Crippen LogP contribution in [-0.4, -0.2) is 21.5 Å². The Morgan fingerprint density at radius 2 is 1.68 bits per heavy atom. The minimum absolute atomic E-state index is 0.112. The van der Waals surface area contributed by atoms with Crippen molar-refractivity contribution in [1.82, 2.24) is 9.97 Å². The molecule has 0 amide bonds. The summed E-state index contributed by atoms with van der Waals surface area (Å²) < 4.78 is 5.41. The van der Waals surface area contributed by atoms with Gasteiger partial charge in [-0.05, 0) is 49.2 Å². The SMILES string of the molecule is CCOc1ccc(Nc2ncnc(Nc3ccccc3CC)c2[N+](=O)[O-])cc1. The minimum atomic E-state index is -0.492. The molecular weight excluding hydrogens is 358 g/mol. The van der Waals surface area contributed by atoms with Crippen molar-refractivity contribution in [2.24, 2.45) is 0 Å². The van der Waals surface area contributed by atoms with Crippen molar-refractivity contribution in [2.45, 2.75) is 20.3 Å². The summed E-state index contributed by atoms with van der Waals surface area (Å²) in [5, 5.41) is 17.8. The molecule has 0 unspecified atom stereocenters. The molecule has 1 aromatic heterocycles. The van der Waals surface area contributed by atoms with Gasteiger partial charge < -0.3 is 15.4 Å². The summed E-state index contributed by atoms with van der Waals surface area (Å²) in [4.78, 5) is 19.4. The number of aromatic nitrogens is 2. The zero-order valence-electron chi connectivity index (χ0n) is 15.7. The summed E-state index contributed by atoms with van der Waals surface area (Å²) in [5.74, 6) is 0.971. The van der Waals surface area contributed by atoms with Gasteiger partial charge in [-0.1, -0.05) is 25.1 Å². The number of nitrogens with zero attached hydrogens (tertiary/aromatic N) is 3. The second kappa shape index (κ2) is 8.81. The van der Waals surface area contributed by atoms with E-state index in [9.17, 15) is 10.1 Å². The molecule has 0 aliphatic heterocycles. The number of aryl methyl sites for hydroxylation is 1. The first-order valence-electron chi connectivity index (χ1n) is 8.96. The van der Waals surface area contributed by atoms with Crippen LogP contribution in [-0.2, 0) is 6.42 Å². The van der Waals surface area contributed by atoms with Crippen molar-refractivity contribution in [3.05, 3.63) is 70.5 Å². The fourth-order valence-corrected chi connectivity index (χ4v) is 2.75. The van der Waals surface area contributed by atoms with E-state index < -0.39 is 4.92 Å². The summed E-state index contributed by atoms with van der Waals surface area (Å²) in [6.07, 6.45) is 2.08. The highest BCUT2D eigenvalue weighted by Crippen LogP contribution is 2.34. The number of ether oxygens (including phenoxy) is 1. The van der Waals surface area contributed by atoms with Crippen molar-refractivity contribution in [1.29, 1.82) is 0 Å². The van der Waals surface area contributed by atoms with Gasteiger partial charge in [0.25, 0.3) is 0 Å². The predicted molar refractivity (Wildman–Crippen MR) is 109 cm³/mol. The van der Waals surface area contributed by atoms with Crippen LogP contribution >= 0.6 is 0 Å². The number of hydrogen-bond donors (Lipinski definition) is 2. The molecule has 144 valence electrons. The Morgan fingerprint density at radius 3 is 2.32 bits per heavy atom. The Kier molecular flexibility index (Phi) is 6.01. The molecular formula is C20H21N5O3. The number of nitro groups is 1. The van der Waals surface area contributed by atoms with Gasteiger partial charge in [-0.15, -0.1) is 0 Å². The number of para-hydroxylation sites is 1. The van der Waals surface area contributed by atoms with E-state index in [1.54, 1.807) is 24.3 Å². The fourth-order valence-electron chi connectivity index (χ4n) is 2.75. The summed E-state index contributed by atoms with van der Waals surface area (Å²) in [6.45, 7) is 4.49. The minimum Gasteiger partial charge on any atom is -0.494 e. The highest BCUT2D eigenvalue weighted by molar-refractivity contribution is 5.77. The molecule has 2 aromatic carbocycles. The molecule has 0 radical (unpaired) electrons. The first kappa shape index (κ1) is 19.1. The molecule has 0 bridgehead atoms. The number of anilines is 4. The average molecular weight is 379 g/mol. The van der Waals surface area contributed by atoms with E-state index in [4.69, 9.17) is 4.74 Å². The van der Waals surface area contributed by atoms with Gasteiger partial charge in [0.15, 0.2) is 0 Å². The van der Waals surface area contributed by atoms with E-state index in [0.717, 1.165) is 23.4 Å². The van der Waals surface area contributed by atoms with Crippen molar-refractivity contribution >= 4 is 28.7 Å². The predicted octanol–water partition coefficient (Wildman–Crippen LogP) is 4.83. The third-order valence-electron chi connectivity index (χ3n) is 4.08. The number of benzene rings is 2. The third-order valence-corrected chi connectivity index (χ3v) is 4.08. The molecule has 0 aliphatic rings. The van der Waals surface area contributed by atoms with Crippen LogP contribution in [0.1, 0.15) is 19.4 Å². The Labute approximate surface area is 162 Å². The molecule has 8 heteroatoms. The monoisotopic (exact) mass is 379 g/mol. The zero-order chi connectivity index (χ0) is 19.9. The van der Waals surface area contributed by atoms with Gasteiger partial charge in [0.2, 0.25) is 11.6 Å². The molecule has 0 aliphatic carbocycles. The molecule has 2 N–H and O–H groups in total. The van der Waals surface area contributed by atoms with Crippen LogP contribution in [0.2, 0.25) is 0 Å². The number of nitrogens with one attached hydrogen (secondary N) is 2. The van der Waals surface area contributed by atoms with Gasteiger partial charge in [0.1, 0.15) is 12.1 Å². The summed E-state index contributed by atoms with van der Waals surface area (Å²) >= 11 is 0. The van der Waals surface area contributed by atoms with Crippen LogP contribution in [0.25, 0.3) is 0 Å². The molecule has 3 aromatic rings. The largest absolute Gasteiger partial charge is 0.494 e. The second-order valence-corrected chi connectivity index (χ2v) is 5.89. The molecule has 28 heavy (non-hydrogen) atoms. The molecule has 3 rings (SSSR count). The second-order valence-electron chi connectivity index (χ2n) is 5.89. The highest BCUT2D eigenvalue weighted by atomic mass is 16.6. The third kappa shape index (κ3) is 4.35. The van der Waals surface area contributed by atoms with Crippen LogP contribution in [0.3, 0.4) is 0 Å². The highest BCUT2D eigenvalue weighted by Gasteiger charge is 2.23. The van der Waals surface area contributed by atoms with E-state index >= 15 is 0 Å². The molecule has 0 spiro atoms. The standard InChI is InChI=1S/C20H21N5O3/c1-3-14-7-5-6-8-17(14)24-20-18(25(26)27)19(21-13-22-20)23-15-9-11-16(12-10-15)28-4-2/h5-13H,3-4H2,1-2H3,(H2,21,22,23,24). The maximum absolute atomic E-state index is 11.7. The lowest BCUT2D eigenvalue weighted by molar-refractivity contribution is -0.383. The quantitative estimate of drug-likeness (QED) is 0.427. The molecule has 1 heterocycles. The average Bonchev–Trinajstić information content (AvgIpc) is 2.70. The topological polar surface area (TPSA) is 102 Å². The van der Waals surface area contributed by atoms with Crippen LogP contribution < -0.4 is 15.4 Å². The van der Waals surface area contributed by atoms with Crippen molar-refractivity contribution in [3.8, 4) is 5.75 Å². The molecule has 0 fully saturated rings. The van der Waals surface area contributed by atoms with Gasteiger partial charge in [-0.25, -0.2) is 9.97 Å². The smallest absolute Gasteiger partial charge is 0.353 e. The Hall–Kier alpha value is -3.68. The van der Waals surface area contributed by atoms with Crippen LogP contribution in [0.4, 0.5) is 28.7 Å². The Bertz CT molecular complexity index is 960. The first-order valence-corrected chi connectivity index (χ1v) is 8.96. The molecule has 0 saturated carbocycles. The van der Waals surface area contributed by atoms with Gasteiger partial charge in [-0.2, -0.15) is 0 Å². The Morgan fingerprint density at radius 1 is 1.00 bits per heavy atom. The van der Waals surface area contributed by atoms with E-state index in [1.165, 1.54) is 6.33 Å². The summed E-state index contributed by atoms with van der Waals surface area (Å²) in [7, 11) is 0. The number of rotatable bonds is 8. The molecule has 0 saturated heterocycles. The lowest BCUT2D eigenvalue weighted by Gasteiger charge is -2.12. The van der Waals surface area contributed by atoms with Crippen LogP contribution in [0.5, 0.6) is 5.75 Å². The Balaban J connectivity index is 1.92. The lowest BCUT2D eigenvalue weighted by Crippen LogP contribution is -2.06. The maximum Gasteiger partial charge on any atom is 0.353 e. The molecule has 0 atom stereocenters. The lowest BCUT2D eigenvalue weighted by atomic mass is 10.1. The zero-order valence-corrected chi connectivity index (χ0v) is 15.7. The van der Waals surface area contributed by atoms with Gasteiger partial charge >= 0.3 is 5.69 Å². The van der Waals surface area contributed by atoms with Gasteiger partial charge in [-0.3, -0.25) is 10.1 Å². The summed E-state index contributed by atoms with van der Waals surface area (Å²) in [6, 6.07) is 14.8. The van der Waals surface area contributed by atoms with E-state index in [0.29, 0.717) is 12.3 Å². The van der Waals surface area contributed by atoms with Crippen molar-refractivity contribution < 1.29 is 9.66 Å². The normalized spacial score (nSPS) is 10.4. The summed E-state index contributed by atoms with van der Waals surface area (Å²) in [5.41, 5.74) is 2.25.